The monoisotopic (exact) mass is 299 g/mol. The van der Waals surface area contributed by atoms with Gasteiger partial charge in [0.05, 0.1) is 6.26 Å². The van der Waals surface area contributed by atoms with Crippen molar-refractivity contribution < 1.29 is 8.42 Å². The number of piperidine rings is 1. The topological polar surface area (TPSA) is 66.6 Å². The highest BCUT2D eigenvalue weighted by Crippen LogP contribution is 2.19. The lowest BCUT2D eigenvalue weighted by Gasteiger charge is -2.34. The molecule has 0 saturated carbocycles. The molecular formula is C11H26ClN3O2S. The lowest BCUT2D eigenvalue weighted by atomic mass is 9.99. The van der Waals surface area contributed by atoms with Crippen LogP contribution in [0.2, 0.25) is 0 Å². The predicted molar refractivity (Wildman–Crippen MR) is 77.5 cm³/mol. The molecule has 110 valence electrons. The van der Waals surface area contributed by atoms with Crippen LogP contribution in [0.15, 0.2) is 0 Å². The molecule has 1 rings (SSSR count). The predicted octanol–water partition coefficient (Wildman–Crippen LogP) is 0.359. The van der Waals surface area contributed by atoms with Crippen molar-refractivity contribution in [2.24, 2.45) is 11.7 Å². The van der Waals surface area contributed by atoms with E-state index in [1.165, 1.54) is 6.26 Å². The van der Waals surface area contributed by atoms with Crippen LogP contribution in [0.25, 0.3) is 0 Å². The Morgan fingerprint density at radius 2 is 2.11 bits per heavy atom. The molecule has 0 spiro atoms. The zero-order valence-corrected chi connectivity index (χ0v) is 13.1. The second-order valence-corrected chi connectivity index (χ2v) is 7.14. The van der Waals surface area contributed by atoms with Gasteiger partial charge in [-0.1, -0.05) is 0 Å². The van der Waals surface area contributed by atoms with Gasteiger partial charge in [0.25, 0.3) is 0 Å². The Hall–Kier alpha value is 0.120. The first-order valence-corrected chi connectivity index (χ1v) is 8.05. The van der Waals surface area contributed by atoms with Gasteiger partial charge in [-0.05, 0) is 32.7 Å². The molecule has 18 heavy (non-hydrogen) atoms. The van der Waals surface area contributed by atoms with Gasteiger partial charge in [-0.3, -0.25) is 0 Å². The maximum Gasteiger partial charge on any atom is 0.211 e. The third kappa shape index (κ3) is 5.40. The average Bonchev–Trinajstić information content (AvgIpc) is 2.27. The van der Waals surface area contributed by atoms with Crippen molar-refractivity contribution in [2.75, 3.05) is 39.5 Å². The number of hydrogen-bond donors (Lipinski definition) is 1. The van der Waals surface area contributed by atoms with Gasteiger partial charge in [0.1, 0.15) is 0 Å². The van der Waals surface area contributed by atoms with Crippen LogP contribution in [0, 0.1) is 5.92 Å². The zero-order chi connectivity index (χ0) is 13.1. The lowest BCUT2D eigenvalue weighted by Crippen LogP contribution is -2.45. The van der Waals surface area contributed by atoms with Gasteiger partial charge in [-0.2, -0.15) is 0 Å². The van der Waals surface area contributed by atoms with E-state index in [0.717, 1.165) is 19.4 Å². The fraction of sp³-hybridized carbons (Fsp3) is 1.00. The summed E-state index contributed by atoms with van der Waals surface area (Å²) in [6.07, 6.45) is 3.36. The minimum Gasteiger partial charge on any atom is -0.329 e. The van der Waals surface area contributed by atoms with E-state index >= 15 is 0 Å². The molecule has 0 aromatic carbocycles. The number of nitrogens with two attached hydrogens (primary N) is 1. The Kier molecular flexibility index (Phi) is 7.70. The molecule has 2 N–H and O–H groups in total. The minimum atomic E-state index is -3.03. The molecule has 1 heterocycles. The molecule has 0 aliphatic carbocycles. The molecule has 1 saturated heterocycles. The summed E-state index contributed by atoms with van der Waals surface area (Å²) < 4.78 is 24.6. The minimum absolute atomic E-state index is 0. The van der Waals surface area contributed by atoms with Gasteiger partial charge in [0.15, 0.2) is 0 Å². The highest BCUT2D eigenvalue weighted by Gasteiger charge is 2.26. The van der Waals surface area contributed by atoms with Crippen molar-refractivity contribution in [2.45, 2.75) is 25.8 Å². The summed E-state index contributed by atoms with van der Waals surface area (Å²) in [6, 6.07) is 0.351. The van der Waals surface area contributed by atoms with E-state index in [2.05, 4.69) is 18.9 Å². The smallest absolute Gasteiger partial charge is 0.211 e. The SMILES string of the molecule is CC(CN)N(C)CC1CCCN(S(C)(=O)=O)C1.Cl. The van der Waals surface area contributed by atoms with E-state index in [-0.39, 0.29) is 12.4 Å². The summed E-state index contributed by atoms with van der Waals surface area (Å²) >= 11 is 0. The molecule has 7 heteroatoms. The number of rotatable bonds is 5. The van der Waals surface area contributed by atoms with E-state index in [1.807, 2.05) is 0 Å². The molecule has 1 aliphatic rings. The van der Waals surface area contributed by atoms with Gasteiger partial charge in [-0.15, -0.1) is 12.4 Å². The Morgan fingerprint density at radius 1 is 1.50 bits per heavy atom. The molecule has 2 atom stereocenters. The summed E-state index contributed by atoms with van der Waals surface area (Å²) in [7, 11) is -0.978. The second-order valence-electron chi connectivity index (χ2n) is 5.15. The van der Waals surface area contributed by atoms with Crippen LogP contribution in [0.4, 0.5) is 0 Å². The van der Waals surface area contributed by atoms with Gasteiger partial charge >= 0.3 is 0 Å². The maximum absolute atomic E-state index is 11.5. The summed E-state index contributed by atoms with van der Waals surface area (Å²) in [6.45, 7) is 4.98. The van der Waals surface area contributed by atoms with Crippen molar-refractivity contribution >= 4 is 22.4 Å². The van der Waals surface area contributed by atoms with Crippen molar-refractivity contribution in [3.63, 3.8) is 0 Å². The molecule has 0 aromatic rings. The van der Waals surface area contributed by atoms with Crippen molar-refractivity contribution in [1.82, 2.24) is 9.21 Å². The Morgan fingerprint density at radius 3 is 2.61 bits per heavy atom. The van der Waals surface area contributed by atoms with Crippen LogP contribution in [-0.4, -0.2) is 63.1 Å². The van der Waals surface area contributed by atoms with E-state index in [0.29, 0.717) is 31.6 Å². The van der Waals surface area contributed by atoms with Crippen LogP contribution < -0.4 is 5.73 Å². The molecular weight excluding hydrogens is 274 g/mol. The molecule has 0 aromatic heterocycles. The third-order valence-corrected chi connectivity index (χ3v) is 4.86. The highest BCUT2D eigenvalue weighted by molar-refractivity contribution is 7.88. The number of halogens is 1. The van der Waals surface area contributed by atoms with Crippen LogP contribution in [-0.2, 0) is 10.0 Å². The third-order valence-electron chi connectivity index (χ3n) is 3.59. The molecule has 1 aliphatic heterocycles. The fourth-order valence-corrected chi connectivity index (χ4v) is 3.19. The van der Waals surface area contributed by atoms with Crippen LogP contribution in [0.5, 0.6) is 0 Å². The van der Waals surface area contributed by atoms with E-state index in [1.54, 1.807) is 4.31 Å². The quantitative estimate of drug-likeness (QED) is 0.796. The summed E-state index contributed by atoms with van der Waals surface area (Å²) in [5.74, 6) is 0.428. The number of likely N-dealkylation sites (N-methyl/N-ethyl adjacent to an activating group) is 1. The summed E-state index contributed by atoms with van der Waals surface area (Å²) in [4.78, 5) is 2.22. The first kappa shape index (κ1) is 18.1. The molecule has 5 nitrogen and oxygen atoms in total. The number of nitrogens with zero attached hydrogens (tertiary/aromatic N) is 2. The Bertz CT molecular complexity index is 337. The second kappa shape index (κ2) is 7.65. The number of sulfonamides is 1. The fourth-order valence-electron chi connectivity index (χ4n) is 2.24. The van der Waals surface area contributed by atoms with E-state index in [4.69, 9.17) is 5.73 Å². The molecule has 2 unspecified atom stereocenters. The Labute approximate surface area is 117 Å². The van der Waals surface area contributed by atoms with Crippen molar-refractivity contribution in [1.29, 1.82) is 0 Å². The van der Waals surface area contributed by atoms with Crippen molar-refractivity contribution in [3.8, 4) is 0 Å². The Balaban J connectivity index is 0.00000289. The lowest BCUT2D eigenvalue weighted by molar-refractivity contribution is 0.173. The van der Waals surface area contributed by atoms with Crippen molar-refractivity contribution in [3.05, 3.63) is 0 Å². The highest BCUT2D eigenvalue weighted by atomic mass is 35.5. The van der Waals surface area contributed by atoms with Gasteiger partial charge in [0, 0.05) is 32.2 Å². The summed E-state index contributed by atoms with van der Waals surface area (Å²) in [5, 5.41) is 0. The van der Waals surface area contributed by atoms with Crippen LogP contribution in [0.1, 0.15) is 19.8 Å². The van der Waals surface area contributed by atoms with Crippen LogP contribution >= 0.6 is 12.4 Å². The average molecular weight is 300 g/mol. The number of hydrogen-bond acceptors (Lipinski definition) is 4. The van der Waals surface area contributed by atoms with Crippen LogP contribution in [0.3, 0.4) is 0 Å². The summed E-state index contributed by atoms with van der Waals surface area (Å²) in [5.41, 5.74) is 5.63. The van der Waals surface area contributed by atoms with Gasteiger partial charge in [-0.25, -0.2) is 12.7 Å². The molecule has 1 fully saturated rings. The standard InChI is InChI=1S/C11H25N3O2S.ClH/c1-10(7-12)13(2)8-11-5-4-6-14(9-11)17(3,15)16;/h10-11H,4-9,12H2,1-3H3;1H. The van der Waals surface area contributed by atoms with E-state index in [9.17, 15) is 8.42 Å². The first-order valence-electron chi connectivity index (χ1n) is 6.20. The van der Waals surface area contributed by atoms with E-state index < -0.39 is 10.0 Å². The normalized spacial score (nSPS) is 23.7. The maximum atomic E-state index is 11.5. The first-order chi connectivity index (χ1) is 7.84. The largest absolute Gasteiger partial charge is 0.329 e. The molecule has 0 radical (unpaired) electrons. The van der Waals surface area contributed by atoms with Gasteiger partial charge < -0.3 is 10.6 Å². The molecule has 0 bridgehead atoms. The van der Waals surface area contributed by atoms with Gasteiger partial charge in [0.2, 0.25) is 10.0 Å². The zero-order valence-electron chi connectivity index (χ0n) is 11.5. The molecule has 0 amide bonds.